The summed E-state index contributed by atoms with van der Waals surface area (Å²) in [6, 6.07) is 8.30. The van der Waals surface area contributed by atoms with Crippen molar-refractivity contribution in [2.75, 3.05) is 62.3 Å². The van der Waals surface area contributed by atoms with Crippen molar-refractivity contribution in [2.45, 2.75) is 26.3 Å². The number of thiophene rings is 1. The highest BCUT2D eigenvalue weighted by molar-refractivity contribution is 7.19. The van der Waals surface area contributed by atoms with Gasteiger partial charge in [-0.25, -0.2) is 24.7 Å². The third kappa shape index (κ3) is 5.94. The highest BCUT2D eigenvalue weighted by atomic mass is 32.1. The molecule has 2 N–H and O–H groups in total. The number of hydrogen-bond donors (Lipinski definition) is 2. The topological polar surface area (TPSA) is 134 Å². The molecule has 0 radical (unpaired) electrons. The molecule has 0 unspecified atom stereocenters. The van der Waals surface area contributed by atoms with Gasteiger partial charge in [0.25, 0.3) is 0 Å². The lowest BCUT2D eigenvalue weighted by Gasteiger charge is -2.32. The lowest BCUT2D eigenvalue weighted by molar-refractivity contribution is 0.0525. The number of esters is 1. The third-order valence-corrected chi connectivity index (χ3v) is 9.34. The van der Waals surface area contributed by atoms with Crippen LogP contribution in [0, 0.1) is 5.92 Å². The summed E-state index contributed by atoms with van der Waals surface area (Å²) >= 11 is 1.77. The molecular formula is C31H35N9O3S. The van der Waals surface area contributed by atoms with Crippen LogP contribution in [-0.2, 0) is 16.0 Å². The molecule has 0 aliphatic carbocycles. The van der Waals surface area contributed by atoms with Gasteiger partial charge in [-0.1, -0.05) is 12.1 Å². The molecule has 2 saturated heterocycles. The van der Waals surface area contributed by atoms with Gasteiger partial charge in [0.2, 0.25) is 5.95 Å². The molecule has 13 heteroatoms. The minimum absolute atomic E-state index is 0.333. The average Bonchev–Trinajstić information content (AvgIpc) is 3.72. The van der Waals surface area contributed by atoms with Gasteiger partial charge in [-0.3, -0.25) is 5.10 Å². The Hall–Kier alpha value is -4.20. The van der Waals surface area contributed by atoms with Crippen molar-refractivity contribution in [1.82, 2.24) is 35.5 Å². The highest BCUT2D eigenvalue weighted by Gasteiger charge is 2.23. The minimum atomic E-state index is -0.390. The fourth-order valence-corrected chi connectivity index (χ4v) is 6.95. The zero-order chi connectivity index (χ0) is 29.9. The number of benzene rings is 1. The molecule has 12 nitrogen and oxygen atoms in total. The number of anilines is 2. The number of rotatable bonds is 9. The van der Waals surface area contributed by atoms with Gasteiger partial charge >= 0.3 is 5.97 Å². The first-order chi connectivity index (χ1) is 21.7. The van der Waals surface area contributed by atoms with E-state index in [-0.39, 0.29) is 5.97 Å². The predicted octanol–water partition coefficient (Wildman–Crippen LogP) is 4.04. The quantitative estimate of drug-likeness (QED) is 0.233. The van der Waals surface area contributed by atoms with Crippen LogP contribution in [0.1, 0.15) is 35.0 Å². The van der Waals surface area contributed by atoms with E-state index in [1.165, 1.54) is 4.88 Å². The van der Waals surface area contributed by atoms with Crippen molar-refractivity contribution in [1.29, 1.82) is 0 Å². The Morgan fingerprint density at radius 3 is 2.70 bits per heavy atom. The fraction of sp³-hybridized carbons (Fsp3) is 0.419. The van der Waals surface area contributed by atoms with Crippen LogP contribution in [0.5, 0.6) is 0 Å². The summed E-state index contributed by atoms with van der Waals surface area (Å²) in [7, 11) is 0. The molecule has 0 saturated carbocycles. The monoisotopic (exact) mass is 613 g/mol. The molecule has 0 atom stereocenters. The van der Waals surface area contributed by atoms with Crippen molar-refractivity contribution in [3.63, 3.8) is 0 Å². The van der Waals surface area contributed by atoms with Crippen LogP contribution >= 0.6 is 11.3 Å². The third-order valence-electron chi connectivity index (χ3n) is 8.22. The van der Waals surface area contributed by atoms with E-state index >= 15 is 0 Å². The molecule has 2 fully saturated rings. The molecule has 0 bridgehead atoms. The van der Waals surface area contributed by atoms with E-state index < -0.39 is 0 Å². The average molecular weight is 614 g/mol. The van der Waals surface area contributed by atoms with E-state index in [1.54, 1.807) is 30.7 Å². The number of fused-ring (bicyclic) bond motifs is 2. The molecule has 0 amide bonds. The molecule has 228 valence electrons. The summed E-state index contributed by atoms with van der Waals surface area (Å²) in [5.74, 6) is 2.55. The maximum Gasteiger partial charge on any atom is 0.341 e. The Morgan fingerprint density at radius 1 is 1.09 bits per heavy atom. The van der Waals surface area contributed by atoms with Crippen LogP contribution in [0.15, 0.2) is 42.9 Å². The number of piperidine rings is 1. The van der Waals surface area contributed by atoms with Gasteiger partial charge in [0.15, 0.2) is 11.6 Å². The summed E-state index contributed by atoms with van der Waals surface area (Å²) in [4.78, 5) is 36.6. The van der Waals surface area contributed by atoms with E-state index in [9.17, 15) is 4.79 Å². The predicted molar refractivity (Wildman–Crippen MR) is 170 cm³/mol. The molecule has 6 heterocycles. The van der Waals surface area contributed by atoms with Gasteiger partial charge in [0.1, 0.15) is 0 Å². The van der Waals surface area contributed by atoms with Gasteiger partial charge < -0.3 is 24.6 Å². The zero-order valence-corrected chi connectivity index (χ0v) is 25.5. The summed E-state index contributed by atoms with van der Waals surface area (Å²) in [5, 5.41) is 12.0. The Labute approximate surface area is 258 Å². The molecule has 2 aliphatic heterocycles. The molecule has 4 aromatic heterocycles. The normalized spacial score (nSPS) is 16.2. The Kier molecular flexibility index (Phi) is 8.31. The number of morpholine rings is 1. The number of ether oxygens (including phenoxy) is 2. The van der Waals surface area contributed by atoms with Crippen molar-refractivity contribution < 1.29 is 14.3 Å². The first-order valence-corrected chi connectivity index (χ1v) is 16.0. The second kappa shape index (κ2) is 12.8. The number of carbonyl (C=O) groups is 1. The van der Waals surface area contributed by atoms with Gasteiger partial charge in [0, 0.05) is 60.9 Å². The molecule has 0 spiro atoms. The van der Waals surface area contributed by atoms with Crippen LogP contribution in [0.2, 0.25) is 0 Å². The lowest BCUT2D eigenvalue weighted by atomic mass is 9.97. The first-order valence-electron chi connectivity index (χ1n) is 15.2. The summed E-state index contributed by atoms with van der Waals surface area (Å²) in [6.07, 6.45) is 7.05. The first kappa shape index (κ1) is 28.6. The van der Waals surface area contributed by atoms with Crippen LogP contribution in [0.25, 0.3) is 32.5 Å². The summed E-state index contributed by atoms with van der Waals surface area (Å²) in [5.41, 5.74) is 3.30. The summed E-state index contributed by atoms with van der Waals surface area (Å²) < 4.78 is 11.8. The van der Waals surface area contributed by atoms with Crippen molar-refractivity contribution in [3.8, 4) is 11.4 Å². The van der Waals surface area contributed by atoms with E-state index in [4.69, 9.17) is 19.4 Å². The van der Waals surface area contributed by atoms with Crippen molar-refractivity contribution >= 4 is 50.2 Å². The van der Waals surface area contributed by atoms with E-state index in [2.05, 4.69) is 47.4 Å². The number of aromatic nitrogens is 6. The highest BCUT2D eigenvalue weighted by Crippen LogP contribution is 2.36. The number of nitrogens with zero attached hydrogens (tertiary/aromatic N) is 7. The zero-order valence-electron chi connectivity index (χ0n) is 24.7. The molecule has 44 heavy (non-hydrogen) atoms. The van der Waals surface area contributed by atoms with E-state index in [1.807, 2.05) is 18.3 Å². The molecule has 1 aromatic carbocycles. The fourth-order valence-electron chi connectivity index (χ4n) is 5.87. The molecule has 5 aromatic rings. The standard InChI is InChI=1S/C31H35N9O3S/c1-2-43-30(41)21-16-33-31(34-17-21)40-8-6-20(7-9-40)15-32-18-22-14-26-27(44-22)29(39-10-12-42-13-11-39)37-28(36-26)23-4-3-5-25-24(23)19-35-38-25/h3-5,14,16-17,19-20,32H,2,6-13,15,18H2,1H3,(H,35,38). The van der Waals surface area contributed by atoms with Gasteiger partial charge in [-0.15, -0.1) is 11.3 Å². The van der Waals surface area contributed by atoms with Crippen LogP contribution < -0.4 is 15.1 Å². The van der Waals surface area contributed by atoms with Crippen molar-refractivity contribution in [3.05, 3.63) is 53.3 Å². The van der Waals surface area contributed by atoms with Crippen LogP contribution in [-0.4, -0.2) is 88.6 Å². The second-order valence-corrected chi connectivity index (χ2v) is 12.2. The number of hydrogen-bond acceptors (Lipinski definition) is 12. The molecular weight excluding hydrogens is 578 g/mol. The van der Waals surface area contributed by atoms with E-state index in [0.717, 1.165) is 90.4 Å². The van der Waals surface area contributed by atoms with E-state index in [0.29, 0.717) is 37.3 Å². The maximum absolute atomic E-state index is 11.9. The molecule has 2 aliphatic rings. The van der Waals surface area contributed by atoms with Gasteiger partial charge in [0.05, 0.1) is 47.3 Å². The van der Waals surface area contributed by atoms with Crippen LogP contribution in [0.4, 0.5) is 11.8 Å². The van der Waals surface area contributed by atoms with Gasteiger partial charge in [-0.05, 0) is 44.4 Å². The SMILES string of the molecule is CCOC(=O)c1cnc(N2CCC(CNCc3cc4nc(-c5cccc6[nH]ncc56)nc(N5CCOCC5)c4s3)CC2)nc1. The van der Waals surface area contributed by atoms with Gasteiger partial charge in [-0.2, -0.15) is 5.10 Å². The number of H-pyrrole nitrogens is 1. The largest absolute Gasteiger partial charge is 0.462 e. The molecule has 7 rings (SSSR count). The smallest absolute Gasteiger partial charge is 0.341 e. The number of carbonyl (C=O) groups excluding carboxylic acids is 1. The van der Waals surface area contributed by atoms with Crippen molar-refractivity contribution in [2.24, 2.45) is 5.92 Å². The minimum Gasteiger partial charge on any atom is -0.462 e. The number of aromatic amines is 1. The lowest BCUT2D eigenvalue weighted by Crippen LogP contribution is -2.38. The number of nitrogens with one attached hydrogen (secondary N) is 2. The second-order valence-electron chi connectivity index (χ2n) is 11.1. The summed E-state index contributed by atoms with van der Waals surface area (Å²) in [6.45, 7) is 8.64. The Bertz CT molecular complexity index is 1740. The van der Waals surface area contributed by atoms with Crippen LogP contribution in [0.3, 0.4) is 0 Å². The Balaban J connectivity index is 1.01. The Morgan fingerprint density at radius 2 is 1.91 bits per heavy atom. The maximum atomic E-state index is 11.9.